The van der Waals surface area contributed by atoms with Gasteiger partial charge in [0.05, 0.1) is 0 Å². The molecular formula is C20H23ClF2N2O. The predicted octanol–water partition coefficient (Wildman–Crippen LogP) is 3.52. The number of benzene rings is 2. The summed E-state index contributed by atoms with van der Waals surface area (Å²) < 4.78 is 27.0. The van der Waals surface area contributed by atoms with Crippen molar-refractivity contribution in [2.45, 2.75) is 18.8 Å². The van der Waals surface area contributed by atoms with Crippen molar-refractivity contribution in [3.8, 4) is 0 Å². The number of aryl methyl sites for hydroxylation is 1. The van der Waals surface area contributed by atoms with E-state index in [1.807, 2.05) is 18.2 Å². The minimum atomic E-state index is -0.876. The summed E-state index contributed by atoms with van der Waals surface area (Å²) in [6, 6.07) is 14.1. The minimum Gasteiger partial charge on any atom is -0.342 e. The Bertz CT molecular complexity index is 742. The maximum absolute atomic E-state index is 13.7. The zero-order valence-electron chi connectivity index (χ0n) is 14.4. The molecule has 0 radical (unpaired) electrons. The molecule has 2 N–H and O–H groups in total. The van der Waals surface area contributed by atoms with Crippen LogP contribution >= 0.6 is 12.4 Å². The van der Waals surface area contributed by atoms with Crippen molar-refractivity contribution in [3.63, 3.8) is 0 Å². The van der Waals surface area contributed by atoms with Crippen LogP contribution < -0.4 is 5.73 Å². The van der Waals surface area contributed by atoms with Crippen molar-refractivity contribution < 1.29 is 13.6 Å². The van der Waals surface area contributed by atoms with E-state index >= 15 is 0 Å². The summed E-state index contributed by atoms with van der Waals surface area (Å²) in [6.45, 7) is 1.75. The molecule has 3 nitrogen and oxygen atoms in total. The summed E-state index contributed by atoms with van der Waals surface area (Å²) in [5.74, 6) is -1.34. The van der Waals surface area contributed by atoms with Gasteiger partial charge in [0.25, 0.3) is 0 Å². The van der Waals surface area contributed by atoms with E-state index in [2.05, 4.69) is 12.1 Å². The molecule has 0 aromatic heterocycles. The van der Waals surface area contributed by atoms with E-state index in [1.165, 1.54) is 17.7 Å². The highest BCUT2D eigenvalue weighted by Crippen LogP contribution is 2.32. The van der Waals surface area contributed by atoms with Gasteiger partial charge in [-0.25, -0.2) is 8.78 Å². The molecule has 6 heteroatoms. The first kappa shape index (κ1) is 20.3. The van der Waals surface area contributed by atoms with Crippen molar-refractivity contribution in [1.29, 1.82) is 0 Å². The highest BCUT2D eigenvalue weighted by molar-refractivity contribution is 5.85. The Balaban J connectivity index is 0.00000243. The molecule has 1 amide bonds. The SMILES string of the molecule is Cl.NC[C@@H]1CN(C(=O)CCc2cccc(F)c2F)C[C@H]1c1ccccc1. The topological polar surface area (TPSA) is 46.3 Å². The third-order valence-corrected chi connectivity index (χ3v) is 4.96. The molecule has 140 valence electrons. The lowest BCUT2D eigenvalue weighted by Gasteiger charge is -2.17. The molecule has 0 saturated carbocycles. The van der Waals surface area contributed by atoms with E-state index in [-0.39, 0.29) is 48.6 Å². The quantitative estimate of drug-likeness (QED) is 0.862. The average molecular weight is 381 g/mol. The van der Waals surface area contributed by atoms with Gasteiger partial charge in [-0.1, -0.05) is 42.5 Å². The molecule has 2 aromatic carbocycles. The van der Waals surface area contributed by atoms with Gasteiger partial charge in [-0.3, -0.25) is 4.79 Å². The van der Waals surface area contributed by atoms with Gasteiger partial charge in [0.2, 0.25) is 5.91 Å². The highest BCUT2D eigenvalue weighted by Gasteiger charge is 2.34. The zero-order chi connectivity index (χ0) is 17.8. The maximum atomic E-state index is 13.7. The number of hydrogen-bond donors (Lipinski definition) is 1. The second-order valence-electron chi connectivity index (χ2n) is 6.52. The monoisotopic (exact) mass is 380 g/mol. The molecule has 1 fully saturated rings. The average Bonchev–Trinajstić information content (AvgIpc) is 3.08. The number of carbonyl (C=O) groups excluding carboxylic acids is 1. The molecule has 0 bridgehead atoms. The summed E-state index contributed by atoms with van der Waals surface area (Å²) in [4.78, 5) is 14.3. The standard InChI is InChI=1S/C20H22F2N2O.ClH/c21-18-8-4-7-15(20(18)22)9-10-19(25)24-12-16(11-23)17(13-24)14-5-2-1-3-6-14;/h1-8,16-17H,9-13,23H2;1H/t16-,17+;/m1./s1. The molecule has 1 heterocycles. The summed E-state index contributed by atoms with van der Waals surface area (Å²) in [5, 5.41) is 0. The normalized spacial score (nSPS) is 19.3. The molecule has 1 aliphatic heterocycles. The Morgan fingerprint density at radius 2 is 1.81 bits per heavy atom. The molecule has 26 heavy (non-hydrogen) atoms. The summed E-state index contributed by atoms with van der Waals surface area (Å²) in [7, 11) is 0. The van der Waals surface area contributed by atoms with Crippen LogP contribution in [0.1, 0.15) is 23.5 Å². The number of likely N-dealkylation sites (tertiary alicyclic amines) is 1. The summed E-state index contributed by atoms with van der Waals surface area (Å²) in [6.07, 6.45) is 0.362. The fraction of sp³-hybridized carbons (Fsp3) is 0.350. The van der Waals surface area contributed by atoms with E-state index in [4.69, 9.17) is 5.73 Å². The van der Waals surface area contributed by atoms with Crippen LogP contribution in [-0.4, -0.2) is 30.4 Å². The van der Waals surface area contributed by atoms with Crippen LogP contribution in [0, 0.1) is 17.6 Å². The van der Waals surface area contributed by atoms with Crippen LogP contribution in [0.2, 0.25) is 0 Å². The molecule has 0 unspecified atom stereocenters. The molecule has 2 atom stereocenters. The molecule has 0 aliphatic carbocycles. The minimum absolute atomic E-state index is 0. The number of halogens is 3. The van der Waals surface area contributed by atoms with Gasteiger partial charge >= 0.3 is 0 Å². The van der Waals surface area contributed by atoms with Gasteiger partial charge < -0.3 is 10.6 Å². The lowest BCUT2D eigenvalue weighted by atomic mass is 9.89. The first-order valence-electron chi connectivity index (χ1n) is 8.55. The number of hydrogen-bond acceptors (Lipinski definition) is 2. The number of nitrogens with two attached hydrogens (primary N) is 1. The Morgan fingerprint density at radius 3 is 2.50 bits per heavy atom. The molecule has 3 rings (SSSR count). The number of carbonyl (C=O) groups is 1. The number of amides is 1. The van der Waals surface area contributed by atoms with Gasteiger partial charge in [0, 0.05) is 25.4 Å². The van der Waals surface area contributed by atoms with Crippen LogP contribution in [0.4, 0.5) is 8.78 Å². The Labute approximate surface area is 158 Å². The van der Waals surface area contributed by atoms with Gasteiger partial charge in [-0.2, -0.15) is 0 Å². The largest absolute Gasteiger partial charge is 0.342 e. The van der Waals surface area contributed by atoms with Crippen LogP contribution in [0.3, 0.4) is 0 Å². The zero-order valence-corrected chi connectivity index (χ0v) is 15.2. The van der Waals surface area contributed by atoms with Crippen LogP contribution in [0.5, 0.6) is 0 Å². The smallest absolute Gasteiger partial charge is 0.222 e. The fourth-order valence-electron chi connectivity index (χ4n) is 3.53. The van der Waals surface area contributed by atoms with E-state index in [0.717, 1.165) is 6.07 Å². The van der Waals surface area contributed by atoms with Gasteiger partial charge in [0.15, 0.2) is 11.6 Å². The third kappa shape index (κ3) is 4.40. The van der Waals surface area contributed by atoms with Crippen molar-refractivity contribution in [2.24, 2.45) is 11.7 Å². The number of nitrogens with zero attached hydrogens (tertiary/aromatic N) is 1. The van der Waals surface area contributed by atoms with Gasteiger partial charge in [-0.05, 0) is 36.1 Å². The van der Waals surface area contributed by atoms with Gasteiger partial charge in [-0.15, -0.1) is 12.4 Å². The van der Waals surface area contributed by atoms with Crippen molar-refractivity contribution in [3.05, 3.63) is 71.3 Å². The molecule has 1 saturated heterocycles. The van der Waals surface area contributed by atoms with Crippen LogP contribution in [0.15, 0.2) is 48.5 Å². The van der Waals surface area contributed by atoms with Crippen LogP contribution in [0.25, 0.3) is 0 Å². The Hall–Kier alpha value is -1.98. The first-order chi connectivity index (χ1) is 12.1. The lowest BCUT2D eigenvalue weighted by molar-refractivity contribution is -0.130. The van der Waals surface area contributed by atoms with Crippen molar-refractivity contribution in [1.82, 2.24) is 4.90 Å². The highest BCUT2D eigenvalue weighted by atomic mass is 35.5. The third-order valence-electron chi connectivity index (χ3n) is 4.96. The lowest BCUT2D eigenvalue weighted by Crippen LogP contribution is -2.30. The van der Waals surface area contributed by atoms with E-state index in [1.54, 1.807) is 4.90 Å². The Kier molecular flexibility index (Phi) is 7.12. The maximum Gasteiger partial charge on any atom is 0.222 e. The second-order valence-corrected chi connectivity index (χ2v) is 6.52. The second kappa shape index (κ2) is 9.10. The number of rotatable bonds is 5. The summed E-state index contributed by atoms with van der Waals surface area (Å²) >= 11 is 0. The van der Waals surface area contributed by atoms with Crippen molar-refractivity contribution in [2.75, 3.05) is 19.6 Å². The van der Waals surface area contributed by atoms with E-state index < -0.39 is 11.6 Å². The summed E-state index contributed by atoms with van der Waals surface area (Å²) in [5.41, 5.74) is 7.32. The molecule has 2 aromatic rings. The van der Waals surface area contributed by atoms with E-state index in [0.29, 0.717) is 19.6 Å². The predicted molar refractivity (Wildman–Crippen MR) is 100 cm³/mol. The Morgan fingerprint density at radius 1 is 1.08 bits per heavy atom. The van der Waals surface area contributed by atoms with Crippen molar-refractivity contribution >= 4 is 18.3 Å². The fourth-order valence-corrected chi connectivity index (χ4v) is 3.53. The molecule has 1 aliphatic rings. The van der Waals surface area contributed by atoms with E-state index in [9.17, 15) is 13.6 Å². The first-order valence-corrected chi connectivity index (χ1v) is 8.55. The van der Waals surface area contributed by atoms with Crippen LogP contribution in [-0.2, 0) is 11.2 Å². The molecular weight excluding hydrogens is 358 g/mol. The van der Waals surface area contributed by atoms with Gasteiger partial charge in [0.1, 0.15) is 0 Å². The molecule has 0 spiro atoms.